The average molecular weight is 307 g/mol. The van der Waals surface area contributed by atoms with Crippen LogP contribution in [-0.4, -0.2) is 13.2 Å². The van der Waals surface area contributed by atoms with Crippen LogP contribution in [0.2, 0.25) is 0 Å². The van der Waals surface area contributed by atoms with E-state index in [2.05, 4.69) is 0 Å². The van der Waals surface area contributed by atoms with Crippen molar-refractivity contribution in [2.75, 3.05) is 13.2 Å². The molecule has 0 spiro atoms. The molecule has 6 heteroatoms. The summed E-state index contributed by atoms with van der Waals surface area (Å²) in [4.78, 5) is 0. The van der Waals surface area contributed by atoms with Gasteiger partial charge in [0.1, 0.15) is 24.7 Å². The number of halogens is 3. The van der Waals surface area contributed by atoms with Crippen LogP contribution in [0.25, 0.3) is 0 Å². The monoisotopic (exact) mass is 307 g/mol. The second-order valence-electron chi connectivity index (χ2n) is 4.36. The maximum absolute atomic E-state index is 12.4. The molecule has 0 radical (unpaired) electrons. The molecule has 0 fully saturated rings. The Morgan fingerprint density at radius 3 is 1.68 bits per heavy atom. The second kappa shape index (κ2) is 6.85. The van der Waals surface area contributed by atoms with Gasteiger partial charge in [0.25, 0.3) is 0 Å². The Kier molecular flexibility index (Phi) is 4.89. The van der Waals surface area contributed by atoms with Gasteiger partial charge < -0.3 is 9.47 Å². The van der Waals surface area contributed by atoms with E-state index in [-0.39, 0.29) is 13.2 Å². The Morgan fingerprint density at radius 1 is 0.818 bits per heavy atom. The summed E-state index contributed by atoms with van der Waals surface area (Å²) in [6.07, 6.45) is -4.35. The first kappa shape index (κ1) is 15.7. The summed E-state index contributed by atoms with van der Waals surface area (Å²) in [5, 5.41) is 8.66. The average Bonchev–Trinajstić information content (AvgIpc) is 2.52. The molecule has 0 bridgehead atoms. The Labute approximate surface area is 125 Å². The van der Waals surface area contributed by atoms with E-state index in [0.29, 0.717) is 17.1 Å². The third-order valence-corrected chi connectivity index (χ3v) is 2.79. The zero-order chi connectivity index (χ0) is 16.0. The van der Waals surface area contributed by atoms with Gasteiger partial charge in [-0.2, -0.15) is 18.4 Å². The van der Waals surface area contributed by atoms with E-state index in [1.165, 1.54) is 12.1 Å². The fourth-order valence-electron chi connectivity index (χ4n) is 1.68. The van der Waals surface area contributed by atoms with Crippen molar-refractivity contribution in [2.45, 2.75) is 6.18 Å². The number of alkyl halides is 3. The quantitative estimate of drug-likeness (QED) is 0.783. The minimum Gasteiger partial charge on any atom is -0.490 e. The van der Waals surface area contributed by atoms with Crippen LogP contribution >= 0.6 is 0 Å². The lowest BCUT2D eigenvalue weighted by atomic mass is 10.2. The minimum atomic E-state index is -4.35. The molecule has 0 N–H and O–H groups in total. The Morgan fingerprint density at radius 2 is 1.27 bits per heavy atom. The van der Waals surface area contributed by atoms with E-state index >= 15 is 0 Å². The molecular weight excluding hydrogens is 295 g/mol. The van der Waals surface area contributed by atoms with Crippen molar-refractivity contribution in [1.29, 1.82) is 5.26 Å². The van der Waals surface area contributed by atoms with Crippen molar-refractivity contribution >= 4 is 0 Å². The third kappa shape index (κ3) is 4.42. The summed E-state index contributed by atoms with van der Waals surface area (Å²) in [5.74, 6) is 0.937. The molecule has 0 heterocycles. The van der Waals surface area contributed by atoms with E-state index in [4.69, 9.17) is 14.7 Å². The van der Waals surface area contributed by atoms with Crippen molar-refractivity contribution < 1.29 is 22.6 Å². The van der Waals surface area contributed by atoms with Crippen molar-refractivity contribution in [2.24, 2.45) is 0 Å². The highest BCUT2D eigenvalue weighted by molar-refractivity contribution is 5.34. The van der Waals surface area contributed by atoms with Gasteiger partial charge in [-0.3, -0.25) is 0 Å². The first-order valence-corrected chi connectivity index (χ1v) is 6.42. The largest absolute Gasteiger partial charge is 0.490 e. The predicted octanol–water partition coefficient (Wildman–Crippen LogP) is 4.03. The van der Waals surface area contributed by atoms with Crippen molar-refractivity contribution in [1.82, 2.24) is 0 Å². The topological polar surface area (TPSA) is 42.2 Å². The molecule has 22 heavy (non-hydrogen) atoms. The van der Waals surface area contributed by atoms with Gasteiger partial charge in [0.05, 0.1) is 17.2 Å². The highest BCUT2D eigenvalue weighted by atomic mass is 19.4. The highest BCUT2D eigenvalue weighted by Crippen LogP contribution is 2.30. The van der Waals surface area contributed by atoms with Gasteiger partial charge in [0.15, 0.2) is 0 Å². The van der Waals surface area contributed by atoms with Crippen LogP contribution in [0.1, 0.15) is 11.1 Å². The predicted molar refractivity (Wildman–Crippen MR) is 73.6 cm³/mol. The fraction of sp³-hybridized carbons (Fsp3) is 0.188. The summed E-state index contributed by atoms with van der Waals surface area (Å²) in [7, 11) is 0. The van der Waals surface area contributed by atoms with Crippen LogP contribution in [0.4, 0.5) is 13.2 Å². The molecular formula is C16H12F3NO2. The normalized spacial score (nSPS) is 10.8. The van der Waals surface area contributed by atoms with Crippen LogP contribution in [0.3, 0.4) is 0 Å². The van der Waals surface area contributed by atoms with Crippen LogP contribution in [-0.2, 0) is 6.18 Å². The molecule has 0 saturated heterocycles. The molecule has 0 saturated carbocycles. The van der Waals surface area contributed by atoms with Crippen molar-refractivity contribution in [3.63, 3.8) is 0 Å². The van der Waals surface area contributed by atoms with Crippen LogP contribution in [0.15, 0.2) is 48.5 Å². The minimum absolute atomic E-state index is 0.200. The molecule has 0 aliphatic carbocycles. The number of benzene rings is 2. The number of hydrogen-bond acceptors (Lipinski definition) is 3. The number of nitriles is 1. The smallest absolute Gasteiger partial charge is 0.416 e. The second-order valence-corrected chi connectivity index (χ2v) is 4.36. The molecule has 0 aliphatic heterocycles. The number of nitrogens with zero attached hydrogens (tertiary/aromatic N) is 1. The summed E-state index contributed by atoms with van der Waals surface area (Å²) in [5.41, 5.74) is -0.179. The maximum atomic E-state index is 12.4. The summed E-state index contributed by atoms with van der Waals surface area (Å²) < 4.78 is 47.8. The SMILES string of the molecule is N#Cc1ccc(OCCOc2ccc(C(F)(F)F)cc2)cc1. The first-order chi connectivity index (χ1) is 10.5. The standard InChI is InChI=1S/C16H12F3NO2/c17-16(18,19)13-3-7-15(8-4-13)22-10-9-21-14-5-1-12(11-20)2-6-14/h1-8H,9-10H2. The van der Waals surface area contributed by atoms with E-state index in [9.17, 15) is 13.2 Å². The number of hydrogen-bond donors (Lipinski definition) is 0. The van der Waals surface area contributed by atoms with Gasteiger partial charge in [-0.25, -0.2) is 0 Å². The Bertz CT molecular complexity index is 643. The van der Waals surface area contributed by atoms with Gasteiger partial charge >= 0.3 is 6.18 Å². The lowest BCUT2D eigenvalue weighted by Gasteiger charge is -2.10. The molecule has 2 aromatic rings. The van der Waals surface area contributed by atoms with Crippen LogP contribution < -0.4 is 9.47 Å². The van der Waals surface area contributed by atoms with E-state index < -0.39 is 11.7 Å². The van der Waals surface area contributed by atoms with Gasteiger partial charge in [-0.15, -0.1) is 0 Å². The molecule has 0 amide bonds. The van der Waals surface area contributed by atoms with Gasteiger partial charge in [0.2, 0.25) is 0 Å². The number of rotatable bonds is 5. The molecule has 2 aromatic carbocycles. The Hall–Kier alpha value is -2.68. The fourth-order valence-corrected chi connectivity index (χ4v) is 1.68. The van der Waals surface area contributed by atoms with Gasteiger partial charge in [-0.05, 0) is 48.5 Å². The number of ether oxygens (including phenoxy) is 2. The molecule has 2 rings (SSSR count). The van der Waals surface area contributed by atoms with Gasteiger partial charge in [0, 0.05) is 0 Å². The molecule has 114 valence electrons. The van der Waals surface area contributed by atoms with Crippen molar-refractivity contribution in [3.8, 4) is 17.6 Å². The summed E-state index contributed by atoms with van der Waals surface area (Å²) in [6, 6.07) is 13.1. The van der Waals surface area contributed by atoms with Gasteiger partial charge in [-0.1, -0.05) is 0 Å². The lowest BCUT2D eigenvalue weighted by molar-refractivity contribution is -0.137. The van der Waals surface area contributed by atoms with E-state index in [1.54, 1.807) is 24.3 Å². The summed E-state index contributed by atoms with van der Waals surface area (Å²) >= 11 is 0. The third-order valence-electron chi connectivity index (χ3n) is 2.79. The molecule has 3 nitrogen and oxygen atoms in total. The Balaban J connectivity index is 1.77. The summed E-state index contributed by atoms with van der Waals surface area (Å²) in [6.45, 7) is 0.443. The molecule has 0 aromatic heterocycles. The van der Waals surface area contributed by atoms with Crippen LogP contribution in [0, 0.1) is 11.3 Å². The molecule has 0 aliphatic rings. The highest BCUT2D eigenvalue weighted by Gasteiger charge is 2.29. The zero-order valence-electron chi connectivity index (χ0n) is 11.4. The molecule has 0 unspecified atom stereocenters. The maximum Gasteiger partial charge on any atom is 0.416 e. The molecule has 0 atom stereocenters. The van der Waals surface area contributed by atoms with Crippen LogP contribution in [0.5, 0.6) is 11.5 Å². The van der Waals surface area contributed by atoms with E-state index in [1.807, 2.05) is 6.07 Å². The first-order valence-electron chi connectivity index (χ1n) is 6.42. The zero-order valence-corrected chi connectivity index (χ0v) is 11.4. The van der Waals surface area contributed by atoms with E-state index in [0.717, 1.165) is 12.1 Å². The lowest BCUT2D eigenvalue weighted by Crippen LogP contribution is -2.09. The van der Waals surface area contributed by atoms with Crippen molar-refractivity contribution in [3.05, 3.63) is 59.7 Å².